The van der Waals surface area contributed by atoms with Crippen LogP contribution < -0.4 is 10.1 Å². The van der Waals surface area contributed by atoms with Gasteiger partial charge in [0.05, 0.1) is 9.92 Å². The molecular weight excluding hydrogens is 412 g/mol. The van der Waals surface area contributed by atoms with Gasteiger partial charge in [-0.25, -0.2) is 8.42 Å². The van der Waals surface area contributed by atoms with Crippen LogP contribution in [0.2, 0.25) is 5.02 Å². The highest BCUT2D eigenvalue weighted by molar-refractivity contribution is 7.89. The third kappa shape index (κ3) is 5.10. The van der Waals surface area contributed by atoms with Crippen molar-refractivity contribution >= 4 is 33.2 Å². The zero-order valence-corrected chi connectivity index (χ0v) is 18.1. The number of carbonyl (C=O) groups excluding carboxylic acids is 1. The molecule has 0 aliphatic carbocycles. The molecule has 1 N–H and O–H groups in total. The molecule has 0 unspecified atom stereocenters. The number of amides is 1. The fourth-order valence-corrected chi connectivity index (χ4v) is 5.07. The lowest BCUT2D eigenvalue weighted by Crippen LogP contribution is -2.35. The van der Waals surface area contributed by atoms with Crippen molar-refractivity contribution in [1.29, 1.82) is 0 Å². The van der Waals surface area contributed by atoms with E-state index in [0.717, 1.165) is 36.1 Å². The number of halogens is 1. The summed E-state index contributed by atoms with van der Waals surface area (Å²) in [4.78, 5) is 12.3. The largest absolute Gasteiger partial charge is 0.482 e. The van der Waals surface area contributed by atoms with Crippen molar-refractivity contribution in [2.24, 2.45) is 0 Å². The summed E-state index contributed by atoms with van der Waals surface area (Å²) >= 11 is 6.22. The van der Waals surface area contributed by atoms with Crippen LogP contribution in [-0.4, -0.2) is 38.3 Å². The number of piperidine rings is 1. The average molecular weight is 437 g/mol. The summed E-state index contributed by atoms with van der Waals surface area (Å²) in [6, 6.07) is 10.0. The number of hydrogen-bond donors (Lipinski definition) is 1. The molecule has 1 amide bonds. The minimum absolute atomic E-state index is 0.136. The Labute approximate surface area is 176 Å². The highest BCUT2D eigenvalue weighted by atomic mass is 35.5. The van der Waals surface area contributed by atoms with Gasteiger partial charge >= 0.3 is 0 Å². The van der Waals surface area contributed by atoms with Crippen molar-refractivity contribution in [3.8, 4) is 5.75 Å². The number of benzene rings is 2. The highest BCUT2D eigenvalue weighted by Crippen LogP contribution is 2.29. The van der Waals surface area contributed by atoms with Crippen LogP contribution in [-0.2, 0) is 14.8 Å². The first-order valence-electron chi connectivity index (χ1n) is 9.57. The van der Waals surface area contributed by atoms with Gasteiger partial charge < -0.3 is 10.1 Å². The fraction of sp³-hybridized carbons (Fsp3) is 0.381. The predicted octanol–water partition coefficient (Wildman–Crippen LogP) is 4.15. The number of sulfonamides is 1. The van der Waals surface area contributed by atoms with E-state index in [4.69, 9.17) is 16.3 Å². The van der Waals surface area contributed by atoms with Crippen molar-refractivity contribution in [3.63, 3.8) is 0 Å². The van der Waals surface area contributed by atoms with Gasteiger partial charge in [0.1, 0.15) is 5.75 Å². The van der Waals surface area contributed by atoms with E-state index < -0.39 is 10.0 Å². The Kier molecular flexibility index (Phi) is 6.82. The van der Waals surface area contributed by atoms with Crippen molar-refractivity contribution in [1.82, 2.24) is 4.31 Å². The van der Waals surface area contributed by atoms with E-state index in [2.05, 4.69) is 5.32 Å². The molecule has 0 atom stereocenters. The van der Waals surface area contributed by atoms with Crippen LogP contribution >= 0.6 is 11.6 Å². The lowest BCUT2D eigenvalue weighted by molar-refractivity contribution is -0.118. The molecule has 6 nitrogen and oxygen atoms in total. The van der Waals surface area contributed by atoms with Gasteiger partial charge in [-0.3, -0.25) is 4.79 Å². The molecule has 2 aromatic rings. The first-order chi connectivity index (χ1) is 13.8. The van der Waals surface area contributed by atoms with Gasteiger partial charge in [-0.05, 0) is 62.1 Å². The molecule has 0 aromatic heterocycles. The third-order valence-corrected chi connectivity index (χ3v) is 7.28. The molecule has 0 radical (unpaired) electrons. The molecule has 2 aromatic carbocycles. The number of aryl methyl sites for hydroxylation is 1. The van der Waals surface area contributed by atoms with Crippen LogP contribution in [0.4, 0.5) is 5.69 Å². The van der Waals surface area contributed by atoms with Gasteiger partial charge in [-0.2, -0.15) is 4.31 Å². The molecule has 1 saturated heterocycles. The zero-order chi connectivity index (χ0) is 21.0. The number of carbonyl (C=O) groups is 1. The predicted molar refractivity (Wildman–Crippen MR) is 114 cm³/mol. The molecule has 8 heteroatoms. The summed E-state index contributed by atoms with van der Waals surface area (Å²) in [5, 5.41) is 2.97. The second-order valence-electron chi connectivity index (χ2n) is 7.14. The second kappa shape index (κ2) is 9.15. The normalized spacial score (nSPS) is 15.1. The monoisotopic (exact) mass is 436 g/mol. The quantitative estimate of drug-likeness (QED) is 0.738. The molecule has 156 valence electrons. The minimum atomic E-state index is -3.57. The Morgan fingerprint density at radius 2 is 1.86 bits per heavy atom. The van der Waals surface area contributed by atoms with Crippen molar-refractivity contribution in [2.75, 3.05) is 25.0 Å². The van der Waals surface area contributed by atoms with E-state index in [0.29, 0.717) is 13.1 Å². The first kappa shape index (κ1) is 21.6. The maximum atomic E-state index is 12.7. The van der Waals surface area contributed by atoms with Crippen LogP contribution in [0.5, 0.6) is 5.75 Å². The maximum absolute atomic E-state index is 12.7. The molecule has 29 heavy (non-hydrogen) atoms. The summed E-state index contributed by atoms with van der Waals surface area (Å²) in [6.07, 6.45) is 2.77. The van der Waals surface area contributed by atoms with Crippen LogP contribution in [0.25, 0.3) is 0 Å². The zero-order valence-electron chi connectivity index (χ0n) is 16.6. The lowest BCUT2D eigenvalue weighted by atomic mass is 10.1. The molecule has 0 saturated carbocycles. The van der Waals surface area contributed by atoms with E-state index in [1.54, 1.807) is 0 Å². The highest BCUT2D eigenvalue weighted by Gasteiger charge is 2.26. The molecule has 0 bridgehead atoms. The summed E-state index contributed by atoms with van der Waals surface area (Å²) < 4.78 is 32.5. The van der Waals surface area contributed by atoms with Crippen LogP contribution in [0.3, 0.4) is 0 Å². The van der Waals surface area contributed by atoms with Gasteiger partial charge in [-0.15, -0.1) is 0 Å². The Bertz CT molecular complexity index is 1000. The first-order valence-corrected chi connectivity index (χ1v) is 11.4. The van der Waals surface area contributed by atoms with Crippen LogP contribution in [0, 0.1) is 13.8 Å². The molecule has 0 spiro atoms. The van der Waals surface area contributed by atoms with Crippen molar-refractivity contribution in [2.45, 2.75) is 38.0 Å². The SMILES string of the molecule is Cc1cccc(NC(=O)COc2ccc(S(=O)(=O)N3CCCCC3)cc2Cl)c1C. The average Bonchev–Trinajstić information content (AvgIpc) is 2.71. The smallest absolute Gasteiger partial charge is 0.262 e. The topological polar surface area (TPSA) is 75.7 Å². The van der Waals surface area contributed by atoms with Gasteiger partial charge in [-0.1, -0.05) is 30.2 Å². The van der Waals surface area contributed by atoms with Gasteiger partial charge in [0, 0.05) is 18.8 Å². The van der Waals surface area contributed by atoms with Gasteiger partial charge in [0.15, 0.2) is 6.61 Å². The summed E-state index contributed by atoms with van der Waals surface area (Å²) in [7, 11) is -3.57. The summed E-state index contributed by atoms with van der Waals surface area (Å²) in [5.41, 5.74) is 2.80. The Hall–Kier alpha value is -2.09. The van der Waals surface area contributed by atoms with Crippen LogP contribution in [0.15, 0.2) is 41.3 Å². The van der Waals surface area contributed by atoms with E-state index in [1.807, 2.05) is 32.0 Å². The Balaban J connectivity index is 1.65. The van der Waals surface area contributed by atoms with E-state index >= 15 is 0 Å². The second-order valence-corrected chi connectivity index (χ2v) is 9.49. The molecule has 1 aliphatic rings. The van der Waals surface area contributed by atoms with E-state index in [-0.39, 0.29) is 28.2 Å². The Morgan fingerprint density at radius 3 is 2.55 bits per heavy atom. The van der Waals surface area contributed by atoms with E-state index in [9.17, 15) is 13.2 Å². The number of hydrogen-bond acceptors (Lipinski definition) is 4. The molecule has 1 aliphatic heterocycles. The number of rotatable bonds is 6. The van der Waals surface area contributed by atoms with Crippen molar-refractivity contribution in [3.05, 3.63) is 52.5 Å². The minimum Gasteiger partial charge on any atom is -0.482 e. The molecule has 3 rings (SSSR count). The van der Waals surface area contributed by atoms with Crippen molar-refractivity contribution < 1.29 is 17.9 Å². The maximum Gasteiger partial charge on any atom is 0.262 e. The standard InChI is InChI=1S/C21H25ClN2O4S/c1-15-7-6-8-19(16(15)2)23-21(25)14-28-20-10-9-17(13-18(20)22)29(26,27)24-11-4-3-5-12-24/h6-10,13H,3-5,11-12,14H2,1-2H3,(H,23,25). The van der Waals surface area contributed by atoms with Gasteiger partial charge in [0.2, 0.25) is 10.0 Å². The van der Waals surface area contributed by atoms with Gasteiger partial charge in [0.25, 0.3) is 5.91 Å². The lowest BCUT2D eigenvalue weighted by Gasteiger charge is -2.26. The third-order valence-electron chi connectivity index (χ3n) is 5.09. The summed E-state index contributed by atoms with van der Waals surface area (Å²) in [5.74, 6) is -0.0554. The molecule has 1 fully saturated rings. The van der Waals surface area contributed by atoms with Crippen LogP contribution in [0.1, 0.15) is 30.4 Å². The number of nitrogens with zero attached hydrogens (tertiary/aromatic N) is 1. The number of nitrogens with one attached hydrogen (secondary N) is 1. The number of anilines is 1. The number of ether oxygens (including phenoxy) is 1. The summed E-state index contributed by atoms with van der Waals surface area (Å²) in [6.45, 7) is 4.73. The molecular formula is C21H25ClN2O4S. The van der Waals surface area contributed by atoms with E-state index in [1.165, 1.54) is 22.5 Å². The fourth-order valence-electron chi connectivity index (χ4n) is 3.23. The molecule has 1 heterocycles. The Morgan fingerprint density at radius 1 is 1.14 bits per heavy atom.